The lowest BCUT2D eigenvalue weighted by atomic mass is 9.90. The highest BCUT2D eigenvalue weighted by Crippen LogP contribution is 2.65. The zero-order chi connectivity index (χ0) is 13.9. The number of carboxylic acid groups (broad SMARTS) is 2. The van der Waals surface area contributed by atoms with Crippen LogP contribution >= 0.6 is 7.60 Å². The predicted octanol–water partition coefficient (Wildman–Crippen LogP) is -0.819. The first kappa shape index (κ1) is 13.2. The normalized spacial score (nSPS) is 40.6. The van der Waals surface area contributed by atoms with Gasteiger partial charge in [0.25, 0.3) is 0 Å². The van der Waals surface area contributed by atoms with Gasteiger partial charge in [0.05, 0.1) is 5.92 Å². The van der Waals surface area contributed by atoms with Crippen molar-refractivity contribution in [3.63, 3.8) is 0 Å². The molecule has 0 saturated heterocycles. The summed E-state index contributed by atoms with van der Waals surface area (Å²) in [6.07, 6.45) is -0.230. The van der Waals surface area contributed by atoms with E-state index in [1.54, 1.807) is 0 Å². The van der Waals surface area contributed by atoms with Gasteiger partial charge < -0.3 is 25.7 Å². The van der Waals surface area contributed by atoms with Gasteiger partial charge in [0.2, 0.25) is 0 Å². The molecule has 6 N–H and O–H groups in total. The summed E-state index contributed by atoms with van der Waals surface area (Å²) in [6, 6.07) is 0. The smallest absolute Gasteiger partial charge is 0.349 e. The van der Waals surface area contributed by atoms with E-state index in [9.17, 15) is 14.2 Å². The first-order chi connectivity index (χ1) is 8.08. The molecule has 0 radical (unpaired) electrons. The Labute approximate surface area is 101 Å². The molecule has 0 spiro atoms. The molecule has 0 bridgehead atoms. The van der Waals surface area contributed by atoms with Crippen molar-refractivity contribution in [2.24, 2.45) is 23.5 Å². The molecule has 8 nitrogen and oxygen atoms in total. The van der Waals surface area contributed by atoms with Gasteiger partial charge in [-0.15, -0.1) is 0 Å². The highest BCUT2D eigenvalue weighted by atomic mass is 31.2. The molecule has 2 aliphatic rings. The number of rotatable bonds is 3. The second-order valence-corrected chi connectivity index (χ2v) is 6.17. The fourth-order valence-electron chi connectivity index (χ4n) is 2.86. The molecule has 0 aliphatic heterocycles. The largest absolute Gasteiger partial charge is 0.481 e. The van der Waals surface area contributed by atoms with E-state index >= 15 is 0 Å². The van der Waals surface area contributed by atoms with Crippen LogP contribution in [0.25, 0.3) is 0 Å². The van der Waals surface area contributed by atoms with Crippen molar-refractivity contribution in [3.8, 4) is 0 Å². The summed E-state index contributed by atoms with van der Waals surface area (Å²) in [5.74, 6) is -4.36. The second kappa shape index (κ2) is 3.64. The number of carboxylic acids is 2. The monoisotopic (exact) mass is 277 g/mol. The number of aliphatic carboxylic acids is 2. The number of hydrogen-bond donors (Lipinski definition) is 5. The molecule has 2 fully saturated rings. The van der Waals surface area contributed by atoms with Gasteiger partial charge in [-0.3, -0.25) is 14.2 Å². The fourth-order valence-corrected chi connectivity index (χ4v) is 3.56. The van der Waals surface area contributed by atoms with Crippen LogP contribution in [-0.4, -0.2) is 37.5 Å². The molecule has 0 heterocycles. The maximum Gasteiger partial charge on any atom is 0.349 e. The van der Waals surface area contributed by atoms with Crippen LogP contribution < -0.4 is 5.73 Å². The minimum atomic E-state index is -4.47. The Bertz CT molecular complexity index is 509. The molecule has 9 heteroatoms. The Morgan fingerprint density at radius 3 is 2.33 bits per heavy atom. The Balaban J connectivity index is 2.40. The number of hydrogen-bond acceptors (Lipinski definition) is 4. The molecule has 0 aromatic rings. The summed E-state index contributed by atoms with van der Waals surface area (Å²) >= 11 is 0. The molecule has 4 unspecified atom stereocenters. The molecule has 0 aromatic heterocycles. The molecule has 2 aliphatic carbocycles. The predicted molar refractivity (Wildman–Crippen MR) is 57.4 cm³/mol. The van der Waals surface area contributed by atoms with Crippen LogP contribution in [0, 0.1) is 17.8 Å². The minimum Gasteiger partial charge on any atom is -0.481 e. The number of nitrogens with two attached hydrogens (primary N) is 1. The molecule has 0 amide bonds. The lowest BCUT2D eigenvalue weighted by Gasteiger charge is -2.21. The van der Waals surface area contributed by atoms with Gasteiger partial charge in [-0.2, -0.15) is 0 Å². The quantitative estimate of drug-likeness (QED) is 0.418. The Morgan fingerprint density at radius 2 is 1.94 bits per heavy atom. The average molecular weight is 277 g/mol. The van der Waals surface area contributed by atoms with E-state index in [4.69, 9.17) is 25.7 Å². The van der Waals surface area contributed by atoms with Crippen LogP contribution in [0.5, 0.6) is 0 Å². The van der Waals surface area contributed by atoms with Crippen molar-refractivity contribution in [1.82, 2.24) is 0 Å². The van der Waals surface area contributed by atoms with Gasteiger partial charge in [-0.25, -0.2) is 0 Å². The lowest BCUT2D eigenvalue weighted by Crippen LogP contribution is -2.49. The first-order valence-corrected chi connectivity index (χ1v) is 6.78. The van der Waals surface area contributed by atoms with E-state index in [1.165, 1.54) is 0 Å². The van der Waals surface area contributed by atoms with Gasteiger partial charge in [0.1, 0.15) is 5.54 Å². The van der Waals surface area contributed by atoms with E-state index in [-0.39, 0.29) is 12.0 Å². The third-order valence-corrected chi connectivity index (χ3v) is 4.22. The lowest BCUT2D eigenvalue weighted by molar-refractivity contribution is -0.145. The van der Waals surface area contributed by atoms with Crippen molar-refractivity contribution in [2.45, 2.75) is 12.0 Å². The third-order valence-electron chi connectivity index (χ3n) is 3.56. The van der Waals surface area contributed by atoms with Gasteiger partial charge in [-0.05, 0) is 6.42 Å². The van der Waals surface area contributed by atoms with Gasteiger partial charge in [-0.1, -0.05) is 5.57 Å². The maximum absolute atomic E-state index is 11.1. The summed E-state index contributed by atoms with van der Waals surface area (Å²) in [7, 11) is -4.47. The van der Waals surface area contributed by atoms with Crippen molar-refractivity contribution in [1.29, 1.82) is 0 Å². The third kappa shape index (κ3) is 1.87. The molecule has 2 rings (SSSR count). The van der Waals surface area contributed by atoms with Crippen molar-refractivity contribution >= 4 is 19.5 Å². The van der Waals surface area contributed by atoms with Crippen LogP contribution in [-0.2, 0) is 14.2 Å². The molecule has 4 atom stereocenters. The van der Waals surface area contributed by atoms with Crippen LogP contribution in [0.3, 0.4) is 0 Å². The summed E-state index contributed by atoms with van der Waals surface area (Å²) in [4.78, 5) is 39.7. The maximum atomic E-state index is 11.1. The Hall–Kier alpha value is -1.21. The summed E-state index contributed by atoms with van der Waals surface area (Å²) in [5, 5.41) is 18.0. The Kier molecular flexibility index (Phi) is 2.68. The molecule has 100 valence electrons. The fraction of sp³-hybridized carbons (Fsp3) is 0.556. The zero-order valence-electron chi connectivity index (χ0n) is 9.05. The summed E-state index contributed by atoms with van der Waals surface area (Å²) < 4.78 is 10.9. The molecular weight excluding hydrogens is 265 g/mol. The van der Waals surface area contributed by atoms with E-state index < -0.39 is 42.8 Å². The van der Waals surface area contributed by atoms with Crippen LogP contribution in [0.1, 0.15) is 6.42 Å². The van der Waals surface area contributed by atoms with E-state index in [0.29, 0.717) is 5.82 Å². The van der Waals surface area contributed by atoms with Crippen molar-refractivity contribution in [3.05, 3.63) is 11.4 Å². The van der Waals surface area contributed by atoms with Crippen LogP contribution in [0.4, 0.5) is 0 Å². The average Bonchev–Trinajstić information content (AvgIpc) is 2.82. The molecule has 18 heavy (non-hydrogen) atoms. The van der Waals surface area contributed by atoms with Crippen molar-refractivity contribution in [2.75, 3.05) is 0 Å². The number of carbonyl (C=O) groups is 2. The highest BCUT2D eigenvalue weighted by molar-refractivity contribution is 7.55. The minimum absolute atomic E-state index is 0.130. The first-order valence-electron chi connectivity index (χ1n) is 5.10. The molecule has 2 saturated carbocycles. The summed E-state index contributed by atoms with van der Waals surface area (Å²) in [5.41, 5.74) is 4.04. The second-order valence-electron chi connectivity index (χ2n) is 4.73. The Morgan fingerprint density at radius 1 is 1.39 bits per heavy atom. The summed E-state index contributed by atoms with van der Waals surface area (Å²) in [6.45, 7) is 0. The molecule has 0 aromatic carbocycles. The van der Waals surface area contributed by atoms with Crippen molar-refractivity contribution < 1.29 is 34.2 Å². The van der Waals surface area contributed by atoms with Gasteiger partial charge >= 0.3 is 19.5 Å². The SMILES string of the molecule is NC1(C(=O)O)CC(=CP(=O)(O)O)C2C(C(=O)O)C21. The topological polar surface area (TPSA) is 158 Å². The van der Waals surface area contributed by atoms with E-state index in [2.05, 4.69) is 0 Å². The zero-order valence-corrected chi connectivity index (χ0v) is 9.95. The van der Waals surface area contributed by atoms with Gasteiger partial charge in [0, 0.05) is 17.7 Å². The van der Waals surface area contributed by atoms with E-state index in [0.717, 1.165) is 0 Å². The van der Waals surface area contributed by atoms with E-state index in [1.807, 2.05) is 0 Å². The highest BCUT2D eigenvalue weighted by Gasteiger charge is 2.72. The number of fused-ring (bicyclic) bond motifs is 1. The molecular formula is C9H12NO7P. The van der Waals surface area contributed by atoms with Crippen LogP contribution in [0.2, 0.25) is 0 Å². The standard InChI is InChI=1S/C9H12NO7P/c10-9(8(13)14)1-3(2-18(15,16)17)4-5(6(4)9)7(11)12/h2,4-6H,1,10H2,(H,11,12)(H,13,14)(H2,15,16,17). The van der Waals surface area contributed by atoms with Crippen LogP contribution in [0.15, 0.2) is 11.4 Å². The van der Waals surface area contributed by atoms with Gasteiger partial charge in [0.15, 0.2) is 0 Å².